The lowest BCUT2D eigenvalue weighted by Gasteiger charge is -2.40. The van der Waals surface area contributed by atoms with Crippen molar-refractivity contribution in [1.82, 2.24) is 0 Å². The third-order valence-corrected chi connectivity index (χ3v) is 6.04. The molecule has 124 valence electrons. The number of cyclic esters (lactones) is 1. The van der Waals surface area contributed by atoms with Gasteiger partial charge in [-0.2, -0.15) is 0 Å². The molecule has 0 amide bonds. The van der Waals surface area contributed by atoms with Crippen molar-refractivity contribution >= 4 is 23.5 Å². The van der Waals surface area contributed by atoms with Crippen LogP contribution in [-0.4, -0.2) is 30.2 Å². The summed E-state index contributed by atoms with van der Waals surface area (Å²) in [7, 11) is 1.64. The number of ketones is 1. The topological polar surface area (TPSA) is 52.6 Å². The molecule has 0 N–H and O–H groups in total. The van der Waals surface area contributed by atoms with E-state index in [0.717, 1.165) is 36.3 Å². The summed E-state index contributed by atoms with van der Waals surface area (Å²) in [5.74, 6) is 1.43. The second-order valence-corrected chi connectivity index (χ2v) is 7.43. The zero-order valence-corrected chi connectivity index (χ0v) is 14.2. The molecule has 1 aromatic carbocycles. The summed E-state index contributed by atoms with van der Waals surface area (Å²) in [6, 6.07) is 7.84. The van der Waals surface area contributed by atoms with E-state index in [1.807, 2.05) is 24.3 Å². The van der Waals surface area contributed by atoms with E-state index in [4.69, 9.17) is 9.47 Å². The van der Waals surface area contributed by atoms with E-state index in [0.29, 0.717) is 18.1 Å². The highest BCUT2D eigenvalue weighted by molar-refractivity contribution is 7.99. The Balaban J connectivity index is 1.75. The summed E-state index contributed by atoms with van der Waals surface area (Å²) >= 11 is 1.65. The highest BCUT2D eigenvalue weighted by Gasteiger charge is 2.48. The molecule has 1 aliphatic carbocycles. The number of methoxy groups -OCH3 is 1. The molecule has 0 spiro atoms. The maximum atomic E-state index is 12.0. The average Bonchev–Trinajstić information content (AvgIpc) is 3.08. The van der Waals surface area contributed by atoms with Gasteiger partial charge in [-0.1, -0.05) is 12.8 Å². The minimum atomic E-state index is -0.618. The molecule has 1 saturated carbocycles. The van der Waals surface area contributed by atoms with E-state index < -0.39 is 5.60 Å². The van der Waals surface area contributed by atoms with Gasteiger partial charge in [-0.05, 0) is 37.1 Å². The van der Waals surface area contributed by atoms with Crippen LogP contribution in [0, 0.1) is 5.92 Å². The van der Waals surface area contributed by atoms with Crippen molar-refractivity contribution in [2.75, 3.05) is 12.9 Å². The van der Waals surface area contributed by atoms with Gasteiger partial charge in [-0.3, -0.25) is 9.59 Å². The molecule has 23 heavy (non-hydrogen) atoms. The number of hydrogen-bond acceptors (Lipinski definition) is 5. The number of rotatable bonds is 5. The Labute approximate surface area is 140 Å². The van der Waals surface area contributed by atoms with Crippen LogP contribution >= 0.6 is 11.8 Å². The van der Waals surface area contributed by atoms with Crippen molar-refractivity contribution in [1.29, 1.82) is 0 Å². The van der Waals surface area contributed by atoms with Gasteiger partial charge < -0.3 is 9.47 Å². The number of Topliss-reactive ketones (excluding diaryl/α,β-unsaturated/α-hetero) is 1. The molecule has 1 aromatic rings. The highest BCUT2D eigenvalue weighted by Crippen LogP contribution is 2.44. The quantitative estimate of drug-likeness (QED) is 0.468. The zero-order valence-electron chi connectivity index (χ0n) is 13.4. The standard InChI is InChI=1S/C18H22O4S/c1-21-15-6-8-16(9-7-15)23-12-18(13-4-2-3-5-13)11-14(19)10-17(20)22-18/h6-9,13H,2-5,10-12H2,1H3. The van der Waals surface area contributed by atoms with Crippen molar-refractivity contribution in [2.45, 2.75) is 49.0 Å². The van der Waals surface area contributed by atoms with Gasteiger partial charge in [-0.15, -0.1) is 11.8 Å². The summed E-state index contributed by atoms with van der Waals surface area (Å²) in [5.41, 5.74) is -0.618. The first kappa shape index (κ1) is 16.4. The first-order valence-electron chi connectivity index (χ1n) is 8.12. The summed E-state index contributed by atoms with van der Waals surface area (Å²) in [6.07, 6.45) is 4.71. The fourth-order valence-corrected chi connectivity index (χ4v) is 4.75. The minimum Gasteiger partial charge on any atom is -0.497 e. The Hall–Kier alpha value is -1.49. The van der Waals surface area contributed by atoms with Crippen molar-refractivity contribution in [3.05, 3.63) is 24.3 Å². The molecule has 2 fully saturated rings. The van der Waals surface area contributed by atoms with Crippen molar-refractivity contribution in [3.8, 4) is 5.75 Å². The predicted octanol–water partition coefficient (Wildman–Crippen LogP) is 3.62. The number of carbonyl (C=O) groups excluding carboxylic acids is 2. The van der Waals surface area contributed by atoms with Gasteiger partial charge in [-0.25, -0.2) is 0 Å². The van der Waals surface area contributed by atoms with Crippen LogP contribution in [0.1, 0.15) is 38.5 Å². The SMILES string of the molecule is COc1ccc(SCC2(C3CCCC3)CC(=O)CC(=O)O2)cc1. The van der Waals surface area contributed by atoms with Crippen LogP contribution in [-0.2, 0) is 14.3 Å². The lowest BCUT2D eigenvalue weighted by Crippen LogP contribution is -2.49. The van der Waals surface area contributed by atoms with Gasteiger partial charge in [0.2, 0.25) is 0 Å². The Morgan fingerprint density at radius 3 is 2.52 bits per heavy atom. The van der Waals surface area contributed by atoms with Gasteiger partial charge in [0.1, 0.15) is 23.6 Å². The van der Waals surface area contributed by atoms with Gasteiger partial charge in [0, 0.05) is 23.0 Å². The second kappa shape index (κ2) is 6.95. The van der Waals surface area contributed by atoms with E-state index in [9.17, 15) is 9.59 Å². The summed E-state index contributed by atoms with van der Waals surface area (Å²) in [6.45, 7) is 0. The maximum Gasteiger partial charge on any atom is 0.313 e. The van der Waals surface area contributed by atoms with Crippen molar-refractivity contribution in [3.63, 3.8) is 0 Å². The van der Waals surface area contributed by atoms with Gasteiger partial charge >= 0.3 is 5.97 Å². The van der Waals surface area contributed by atoms with E-state index in [1.165, 1.54) is 0 Å². The Morgan fingerprint density at radius 1 is 1.22 bits per heavy atom. The third kappa shape index (κ3) is 3.71. The van der Waals surface area contributed by atoms with Crippen LogP contribution < -0.4 is 4.74 Å². The summed E-state index contributed by atoms with van der Waals surface area (Å²) in [4.78, 5) is 25.0. The van der Waals surface area contributed by atoms with Gasteiger partial charge in [0.05, 0.1) is 7.11 Å². The molecular weight excluding hydrogens is 312 g/mol. The lowest BCUT2D eigenvalue weighted by molar-refractivity contribution is -0.173. The lowest BCUT2D eigenvalue weighted by atomic mass is 9.81. The molecule has 1 atom stereocenters. The highest BCUT2D eigenvalue weighted by atomic mass is 32.2. The molecule has 4 nitrogen and oxygen atoms in total. The Bertz CT molecular complexity index is 559. The number of carbonyl (C=O) groups is 2. The molecule has 3 rings (SSSR count). The van der Waals surface area contributed by atoms with Gasteiger partial charge in [0.15, 0.2) is 0 Å². The molecule has 1 heterocycles. The first-order valence-corrected chi connectivity index (χ1v) is 9.10. The molecule has 1 unspecified atom stereocenters. The second-order valence-electron chi connectivity index (χ2n) is 6.38. The molecule has 1 aliphatic heterocycles. The first-order chi connectivity index (χ1) is 11.1. The van der Waals surface area contributed by atoms with E-state index in [1.54, 1.807) is 18.9 Å². The maximum absolute atomic E-state index is 12.0. The Kier molecular flexibility index (Phi) is 4.95. The fourth-order valence-electron chi connectivity index (χ4n) is 3.61. The number of hydrogen-bond donors (Lipinski definition) is 0. The molecular formula is C18H22O4S. The fraction of sp³-hybridized carbons (Fsp3) is 0.556. The number of thioether (sulfide) groups is 1. The molecule has 1 saturated heterocycles. The zero-order chi connectivity index (χ0) is 16.3. The Morgan fingerprint density at radius 2 is 1.91 bits per heavy atom. The van der Waals surface area contributed by atoms with E-state index in [2.05, 4.69) is 0 Å². The average molecular weight is 334 g/mol. The van der Waals surface area contributed by atoms with Crippen molar-refractivity contribution in [2.24, 2.45) is 5.92 Å². The molecule has 5 heteroatoms. The summed E-state index contributed by atoms with van der Waals surface area (Å²) < 4.78 is 11.0. The minimum absolute atomic E-state index is 0.0171. The van der Waals surface area contributed by atoms with Crippen LogP contribution in [0.2, 0.25) is 0 Å². The van der Waals surface area contributed by atoms with Crippen LogP contribution in [0.25, 0.3) is 0 Å². The van der Waals surface area contributed by atoms with Crippen molar-refractivity contribution < 1.29 is 19.1 Å². The number of ether oxygens (including phenoxy) is 2. The number of esters is 1. The van der Waals surface area contributed by atoms with Crippen LogP contribution in [0.4, 0.5) is 0 Å². The molecule has 0 aromatic heterocycles. The van der Waals surface area contributed by atoms with Gasteiger partial charge in [0.25, 0.3) is 0 Å². The third-order valence-electron chi connectivity index (χ3n) is 4.80. The normalized spacial score (nSPS) is 25.4. The van der Waals surface area contributed by atoms with Crippen LogP contribution in [0.5, 0.6) is 5.75 Å². The molecule has 2 aliphatic rings. The largest absolute Gasteiger partial charge is 0.497 e. The summed E-state index contributed by atoms with van der Waals surface area (Å²) in [5, 5.41) is 0. The molecule has 0 radical (unpaired) electrons. The van der Waals surface area contributed by atoms with E-state index in [-0.39, 0.29) is 18.2 Å². The predicted molar refractivity (Wildman–Crippen MR) is 88.7 cm³/mol. The smallest absolute Gasteiger partial charge is 0.313 e. The van der Waals surface area contributed by atoms with Crippen LogP contribution in [0.3, 0.4) is 0 Å². The van der Waals surface area contributed by atoms with E-state index >= 15 is 0 Å². The van der Waals surface area contributed by atoms with Crippen LogP contribution in [0.15, 0.2) is 29.2 Å². The monoisotopic (exact) mass is 334 g/mol. The number of benzene rings is 1. The molecule has 0 bridgehead atoms.